The van der Waals surface area contributed by atoms with Gasteiger partial charge >= 0.3 is 0 Å². The van der Waals surface area contributed by atoms with Gasteiger partial charge in [-0.05, 0) is 33.6 Å². The summed E-state index contributed by atoms with van der Waals surface area (Å²) < 4.78 is 1.39. The van der Waals surface area contributed by atoms with Crippen LogP contribution in [0.4, 0.5) is 5.69 Å². The van der Waals surface area contributed by atoms with Crippen molar-refractivity contribution < 1.29 is 0 Å². The van der Waals surface area contributed by atoms with E-state index in [1.807, 2.05) is 19.0 Å². The molecule has 0 aliphatic rings. The van der Waals surface area contributed by atoms with Gasteiger partial charge in [0, 0.05) is 13.1 Å². The lowest BCUT2D eigenvalue weighted by Crippen LogP contribution is -2.29. The molecule has 0 aliphatic heterocycles. The number of rotatable bonds is 9. The number of likely N-dealkylation sites (N-methyl/N-ethyl adjacent to an activating group) is 1. The summed E-state index contributed by atoms with van der Waals surface area (Å²) in [6.07, 6.45) is 2.58. The van der Waals surface area contributed by atoms with Crippen LogP contribution in [0.3, 0.4) is 0 Å². The van der Waals surface area contributed by atoms with E-state index in [0.717, 1.165) is 32.6 Å². The molecule has 1 rings (SSSR count). The molecule has 7 heteroatoms. The molecule has 0 aromatic carbocycles. The summed E-state index contributed by atoms with van der Waals surface area (Å²) in [4.78, 5) is 14.0. The topological polar surface area (TPSA) is 62.2 Å². The molecular weight excluding hydrogens is 278 g/mol. The molecule has 0 spiro atoms. The summed E-state index contributed by atoms with van der Waals surface area (Å²) in [5, 5.41) is 10.7. The van der Waals surface area contributed by atoms with Gasteiger partial charge < -0.3 is 15.5 Å². The summed E-state index contributed by atoms with van der Waals surface area (Å²) in [5.74, 6) is 0. The maximum absolute atomic E-state index is 12.0. The van der Waals surface area contributed by atoms with E-state index in [2.05, 4.69) is 22.7 Å². The summed E-state index contributed by atoms with van der Waals surface area (Å²) in [6, 6.07) is 0. The average Bonchev–Trinajstić information content (AvgIpc) is 2.42. The highest BCUT2D eigenvalue weighted by atomic mass is 35.5. The lowest BCUT2D eigenvalue weighted by molar-refractivity contribution is 0.367. The fourth-order valence-electron chi connectivity index (χ4n) is 1.66. The number of anilines is 1. The first-order valence-corrected chi connectivity index (χ1v) is 7.29. The molecule has 2 N–H and O–H groups in total. The molecule has 20 heavy (non-hydrogen) atoms. The molecule has 1 aromatic rings. The standard InChI is InChI=1S/C13H24ClN5O/c1-4-15-6-5-7-16-11-10-17-19(9-8-18(2)3)13(20)12(11)14/h10,15-16H,4-9H2,1-3H3. The Balaban J connectivity index is 2.57. The monoisotopic (exact) mass is 301 g/mol. The van der Waals surface area contributed by atoms with Gasteiger partial charge in [0.1, 0.15) is 5.02 Å². The third-order valence-corrected chi connectivity index (χ3v) is 3.20. The van der Waals surface area contributed by atoms with E-state index in [-0.39, 0.29) is 10.6 Å². The second-order valence-corrected chi connectivity index (χ2v) is 5.22. The van der Waals surface area contributed by atoms with E-state index in [9.17, 15) is 4.79 Å². The maximum Gasteiger partial charge on any atom is 0.287 e. The first kappa shape index (κ1) is 16.9. The van der Waals surface area contributed by atoms with E-state index in [1.165, 1.54) is 4.68 Å². The van der Waals surface area contributed by atoms with Crippen LogP contribution in [-0.2, 0) is 6.54 Å². The van der Waals surface area contributed by atoms with Crippen LogP contribution in [-0.4, -0.2) is 55.0 Å². The largest absolute Gasteiger partial charge is 0.382 e. The van der Waals surface area contributed by atoms with Crippen molar-refractivity contribution in [2.75, 3.05) is 45.6 Å². The molecule has 0 aliphatic carbocycles. The van der Waals surface area contributed by atoms with Gasteiger partial charge in [0.05, 0.1) is 18.4 Å². The second-order valence-electron chi connectivity index (χ2n) is 4.84. The van der Waals surface area contributed by atoms with E-state index in [1.54, 1.807) is 6.20 Å². The first-order valence-electron chi connectivity index (χ1n) is 6.91. The minimum Gasteiger partial charge on any atom is -0.382 e. The summed E-state index contributed by atoms with van der Waals surface area (Å²) in [6.45, 7) is 6.01. The molecule has 0 radical (unpaired) electrons. The van der Waals surface area contributed by atoms with Gasteiger partial charge in [0.25, 0.3) is 5.56 Å². The molecule has 0 bridgehead atoms. The van der Waals surface area contributed by atoms with Crippen LogP contribution in [0, 0.1) is 0 Å². The third-order valence-electron chi connectivity index (χ3n) is 2.84. The van der Waals surface area contributed by atoms with E-state index in [0.29, 0.717) is 12.2 Å². The highest BCUT2D eigenvalue weighted by molar-refractivity contribution is 6.32. The lowest BCUT2D eigenvalue weighted by Gasteiger charge is -2.12. The minimum atomic E-state index is -0.245. The van der Waals surface area contributed by atoms with E-state index >= 15 is 0 Å². The summed E-state index contributed by atoms with van der Waals surface area (Å²) in [5.41, 5.74) is 0.361. The summed E-state index contributed by atoms with van der Waals surface area (Å²) >= 11 is 6.09. The fraction of sp³-hybridized carbons (Fsp3) is 0.692. The van der Waals surface area contributed by atoms with Crippen LogP contribution in [0.15, 0.2) is 11.0 Å². The van der Waals surface area contributed by atoms with E-state index < -0.39 is 0 Å². The van der Waals surface area contributed by atoms with Gasteiger partial charge in [-0.3, -0.25) is 4.79 Å². The lowest BCUT2D eigenvalue weighted by atomic mass is 10.4. The van der Waals surface area contributed by atoms with Crippen LogP contribution < -0.4 is 16.2 Å². The fourth-order valence-corrected chi connectivity index (χ4v) is 1.87. The second kappa shape index (κ2) is 8.94. The molecule has 114 valence electrons. The van der Waals surface area contributed by atoms with Crippen molar-refractivity contribution in [1.82, 2.24) is 20.0 Å². The average molecular weight is 302 g/mol. The Morgan fingerprint density at radius 3 is 2.80 bits per heavy atom. The van der Waals surface area contributed by atoms with Crippen molar-refractivity contribution in [2.24, 2.45) is 0 Å². The third kappa shape index (κ3) is 5.48. The Labute approximate surface area is 125 Å². The van der Waals surface area contributed by atoms with Crippen molar-refractivity contribution in [3.63, 3.8) is 0 Å². The predicted octanol–water partition coefficient (Wildman–Crippen LogP) is 0.870. The van der Waals surface area contributed by atoms with Crippen LogP contribution >= 0.6 is 11.6 Å². The number of halogens is 1. The highest BCUT2D eigenvalue weighted by Crippen LogP contribution is 2.14. The first-order chi connectivity index (χ1) is 9.56. The molecule has 0 fully saturated rings. The van der Waals surface area contributed by atoms with Gasteiger partial charge in [0.2, 0.25) is 0 Å². The van der Waals surface area contributed by atoms with Gasteiger partial charge in [0.15, 0.2) is 0 Å². The number of hydrogen-bond acceptors (Lipinski definition) is 5. The maximum atomic E-state index is 12.0. The van der Waals surface area contributed by atoms with Crippen molar-refractivity contribution in [3.8, 4) is 0 Å². The zero-order valence-corrected chi connectivity index (χ0v) is 13.2. The smallest absolute Gasteiger partial charge is 0.287 e. The predicted molar refractivity (Wildman–Crippen MR) is 83.7 cm³/mol. The number of nitrogens with zero attached hydrogens (tertiary/aromatic N) is 3. The quantitative estimate of drug-likeness (QED) is 0.663. The van der Waals surface area contributed by atoms with Crippen molar-refractivity contribution in [1.29, 1.82) is 0 Å². The molecule has 0 saturated heterocycles. The van der Waals surface area contributed by atoms with Gasteiger partial charge in [-0.15, -0.1) is 0 Å². The molecule has 6 nitrogen and oxygen atoms in total. The number of nitrogens with one attached hydrogen (secondary N) is 2. The molecule has 0 unspecified atom stereocenters. The van der Waals surface area contributed by atoms with E-state index in [4.69, 9.17) is 11.6 Å². The Kier molecular flexibility index (Phi) is 7.58. The number of aromatic nitrogens is 2. The Morgan fingerprint density at radius 1 is 1.40 bits per heavy atom. The van der Waals surface area contributed by atoms with Gasteiger partial charge in [-0.25, -0.2) is 4.68 Å². The van der Waals surface area contributed by atoms with Crippen LogP contribution in [0.2, 0.25) is 5.02 Å². The van der Waals surface area contributed by atoms with Crippen LogP contribution in [0.1, 0.15) is 13.3 Å². The molecule has 0 saturated carbocycles. The zero-order chi connectivity index (χ0) is 15.0. The SMILES string of the molecule is CCNCCCNc1cnn(CCN(C)C)c(=O)c1Cl. The number of hydrogen-bond donors (Lipinski definition) is 2. The molecular formula is C13H24ClN5O. The van der Waals surface area contributed by atoms with Crippen molar-refractivity contribution in [3.05, 3.63) is 21.6 Å². The summed E-state index contributed by atoms with van der Waals surface area (Å²) in [7, 11) is 3.90. The molecule has 1 aromatic heterocycles. The van der Waals surface area contributed by atoms with Gasteiger partial charge in [-0.2, -0.15) is 5.10 Å². The zero-order valence-electron chi connectivity index (χ0n) is 12.4. The van der Waals surface area contributed by atoms with Crippen molar-refractivity contribution >= 4 is 17.3 Å². The molecule has 1 heterocycles. The Morgan fingerprint density at radius 2 is 2.15 bits per heavy atom. The van der Waals surface area contributed by atoms with Crippen LogP contribution in [0.25, 0.3) is 0 Å². The van der Waals surface area contributed by atoms with Gasteiger partial charge in [-0.1, -0.05) is 18.5 Å². The van der Waals surface area contributed by atoms with Crippen LogP contribution in [0.5, 0.6) is 0 Å². The highest BCUT2D eigenvalue weighted by Gasteiger charge is 2.08. The molecule has 0 atom stereocenters. The molecule has 0 amide bonds. The Hall–Kier alpha value is -1.11. The Bertz CT molecular complexity index is 461. The normalized spacial score (nSPS) is 11.1. The van der Waals surface area contributed by atoms with Crippen molar-refractivity contribution in [2.45, 2.75) is 19.9 Å². The minimum absolute atomic E-state index is 0.210.